The van der Waals surface area contributed by atoms with Crippen LogP contribution in [0.1, 0.15) is 24.8 Å². The second-order valence-corrected chi connectivity index (χ2v) is 4.30. The van der Waals surface area contributed by atoms with Crippen LogP contribution in [0.2, 0.25) is 0 Å². The molecule has 1 aromatic rings. The quantitative estimate of drug-likeness (QED) is 0.615. The van der Waals surface area contributed by atoms with E-state index in [-0.39, 0.29) is 0 Å². The molecule has 1 saturated heterocycles. The van der Waals surface area contributed by atoms with Crippen LogP contribution in [0.15, 0.2) is 18.5 Å². The van der Waals surface area contributed by atoms with Crippen molar-refractivity contribution in [3.05, 3.63) is 24.0 Å². The molecule has 0 aliphatic carbocycles. The van der Waals surface area contributed by atoms with Gasteiger partial charge in [-0.05, 0) is 56.9 Å². The van der Waals surface area contributed by atoms with Crippen LogP contribution >= 0.6 is 0 Å². The lowest BCUT2D eigenvalue weighted by Gasteiger charge is -2.10. The van der Waals surface area contributed by atoms with Gasteiger partial charge in [-0.15, -0.1) is 0 Å². The molecular weight excluding hydrogens is 186 g/mol. The highest BCUT2D eigenvalue weighted by molar-refractivity contribution is 5.08. The van der Waals surface area contributed by atoms with Crippen molar-refractivity contribution in [1.29, 1.82) is 0 Å². The van der Waals surface area contributed by atoms with Crippen molar-refractivity contribution in [1.82, 2.24) is 15.6 Å². The molecule has 2 heterocycles. The second-order valence-electron chi connectivity index (χ2n) is 4.30. The highest BCUT2D eigenvalue weighted by Crippen LogP contribution is 2.07. The average molecular weight is 207 g/mol. The second kappa shape index (κ2) is 5.93. The molecule has 1 unspecified atom stereocenters. The lowest BCUT2D eigenvalue weighted by Crippen LogP contribution is -2.27. The van der Waals surface area contributed by atoms with Crippen LogP contribution in [0.25, 0.3) is 0 Å². The van der Waals surface area contributed by atoms with E-state index in [4.69, 9.17) is 0 Å². The number of nitrogens with one attached hydrogen (secondary N) is 3. The Balaban J connectivity index is 1.48. The van der Waals surface area contributed by atoms with E-state index < -0.39 is 0 Å². The van der Waals surface area contributed by atoms with Crippen LogP contribution in [0, 0.1) is 0 Å². The maximum absolute atomic E-state index is 3.52. The number of hydrogen-bond acceptors (Lipinski definition) is 2. The molecule has 3 N–H and O–H groups in total. The van der Waals surface area contributed by atoms with E-state index in [1.165, 1.54) is 31.4 Å². The molecule has 0 bridgehead atoms. The van der Waals surface area contributed by atoms with E-state index >= 15 is 0 Å². The van der Waals surface area contributed by atoms with Crippen molar-refractivity contribution in [2.24, 2.45) is 0 Å². The van der Waals surface area contributed by atoms with Gasteiger partial charge in [-0.2, -0.15) is 0 Å². The summed E-state index contributed by atoms with van der Waals surface area (Å²) in [6.45, 7) is 3.45. The van der Waals surface area contributed by atoms with Crippen molar-refractivity contribution in [3.8, 4) is 0 Å². The summed E-state index contributed by atoms with van der Waals surface area (Å²) in [5.74, 6) is 0. The molecule has 0 spiro atoms. The molecule has 0 radical (unpaired) electrons. The maximum atomic E-state index is 3.52. The minimum atomic E-state index is 0.768. The first kappa shape index (κ1) is 10.7. The summed E-state index contributed by atoms with van der Waals surface area (Å²) in [5, 5.41) is 7.01. The molecular formula is C12H21N3. The van der Waals surface area contributed by atoms with Crippen LogP contribution in [0.4, 0.5) is 0 Å². The summed E-state index contributed by atoms with van der Waals surface area (Å²) < 4.78 is 0. The zero-order valence-electron chi connectivity index (χ0n) is 9.26. The van der Waals surface area contributed by atoms with Gasteiger partial charge in [-0.1, -0.05) is 0 Å². The third-order valence-corrected chi connectivity index (χ3v) is 3.08. The summed E-state index contributed by atoms with van der Waals surface area (Å²) in [7, 11) is 0. The molecule has 1 aromatic heterocycles. The van der Waals surface area contributed by atoms with Gasteiger partial charge in [0.1, 0.15) is 0 Å². The molecule has 3 heteroatoms. The molecule has 1 fully saturated rings. The van der Waals surface area contributed by atoms with E-state index in [0.29, 0.717) is 0 Å². The molecule has 3 nitrogen and oxygen atoms in total. The molecule has 2 rings (SSSR count). The van der Waals surface area contributed by atoms with Crippen LogP contribution in [0.3, 0.4) is 0 Å². The molecule has 1 aliphatic rings. The number of aromatic nitrogens is 1. The van der Waals surface area contributed by atoms with E-state index in [9.17, 15) is 0 Å². The van der Waals surface area contributed by atoms with Crippen molar-refractivity contribution in [2.45, 2.75) is 31.7 Å². The summed E-state index contributed by atoms with van der Waals surface area (Å²) in [5.41, 5.74) is 1.39. The predicted molar refractivity (Wildman–Crippen MR) is 63.0 cm³/mol. The zero-order valence-corrected chi connectivity index (χ0v) is 9.26. The van der Waals surface area contributed by atoms with E-state index in [0.717, 1.165) is 25.6 Å². The van der Waals surface area contributed by atoms with E-state index in [1.807, 2.05) is 6.20 Å². The first-order valence-corrected chi connectivity index (χ1v) is 6.01. The fraction of sp³-hybridized carbons (Fsp3) is 0.667. The Morgan fingerprint density at radius 3 is 3.13 bits per heavy atom. The van der Waals surface area contributed by atoms with Crippen LogP contribution in [-0.4, -0.2) is 30.7 Å². The van der Waals surface area contributed by atoms with Gasteiger partial charge < -0.3 is 15.6 Å². The monoisotopic (exact) mass is 207 g/mol. The van der Waals surface area contributed by atoms with Gasteiger partial charge in [0, 0.05) is 18.4 Å². The Morgan fingerprint density at radius 2 is 2.40 bits per heavy atom. The van der Waals surface area contributed by atoms with Gasteiger partial charge in [-0.25, -0.2) is 0 Å². The molecule has 1 aliphatic heterocycles. The van der Waals surface area contributed by atoms with Crippen molar-refractivity contribution < 1.29 is 0 Å². The Bertz CT molecular complexity index is 250. The van der Waals surface area contributed by atoms with Gasteiger partial charge in [0.15, 0.2) is 0 Å². The molecule has 15 heavy (non-hydrogen) atoms. The number of hydrogen-bond donors (Lipinski definition) is 3. The molecule has 0 aromatic carbocycles. The number of H-pyrrole nitrogens is 1. The van der Waals surface area contributed by atoms with Crippen LogP contribution in [0.5, 0.6) is 0 Å². The zero-order chi connectivity index (χ0) is 10.3. The Kier molecular flexibility index (Phi) is 4.23. The smallest absolute Gasteiger partial charge is 0.00796 e. The lowest BCUT2D eigenvalue weighted by atomic mass is 10.1. The van der Waals surface area contributed by atoms with Crippen molar-refractivity contribution in [3.63, 3.8) is 0 Å². The van der Waals surface area contributed by atoms with Crippen molar-refractivity contribution in [2.75, 3.05) is 19.6 Å². The molecule has 84 valence electrons. The van der Waals surface area contributed by atoms with Gasteiger partial charge in [0.2, 0.25) is 0 Å². The van der Waals surface area contributed by atoms with Crippen molar-refractivity contribution >= 4 is 0 Å². The summed E-state index contributed by atoms with van der Waals surface area (Å²) >= 11 is 0. The SMILES string of the molecule is c1cc(CCNCCC2CCCN2)c[nH]1. The maximum Gasteiger partial charge on any atom is 0.00796 e. The van der Waals surface area contributed by atoms with Gasteiger partial charge in [0.25, 0.3) is 0 Å². The van der Waals surface area contributed by atoms with E-state index in [1.54, 1.807) is 0 Å². The van der Waals surface area contributed by atoms with Gasteiger partial charge in [0.05, 0.1) is 0 Å². The van der Waals surface area contributed by atoms with Crippen LogP contribution < -0.4 is 10.6 Å². The standard InChI is InChI=1S/C12H21N3/c1-2-12(15-6-1)5-9-13-7-3-11-4-8-14-10-11/h4,8,10,12-15H,1-3,5-7,9H2. The molecule has 0 saturated carbocycles. The fourth-order valence-electron chi connectivity index (χ4n) is 2.15. The largest absolute Gasteiger partial charge is 0.367 e. The number of aromatic amines is 1. The third kappa shape index (κ3) is 3.68. The highest BCUT2D eigenvalue weighted by Gasteiger charge is 2.12. The minimum Gasteiger partial charge on any atom is -0.367 e. The average Bonchev–Trinajstić information content (AvgIpc) is 2.88. The molecule has 1 atom stereocenters. The summed E-state index contributed by atoms with van der Waals surface area (Å²) in [6, 6.07) is 2.91. The Labute approximate surface area is 91.7 Å². The Morgan fingerprint density at radius 1 is 1.40 bits per heavy atom. The summed E-state index contributed by atoms with van der Waals surface area (Å²) in [4.78, 5) is 3.08. The summed E-state index contributed by atoms with van der Waals surface area (Å²) in [6.07, 6.45) is 9.17. The van der Waals surface area contributed by atoms with Crippen LogP contribution in [-0.2, 0) is 6.42 Å². The Hall–Kier alpha value is -0.800. The minimum absolute atomic E-state index is 0.768. The topological polar surface area (TPSA) is 39.8 Å². The highest BCUT2D eigenvalue weighted by atomic mass is 14.9. The van der Waals surface area contributed by atoms with Gasteiger partial charge >= 0.3 is 0 Å². The third-order valence-electron chi connectivity index (χ3n) is 3.08. The van der Waals surface area contributed by atoms with Gasteiger partial charge in [-0.3, -0.25) is 0 Å². The first-order valence-electron chi connectivity index (χ1n) is 6.01. The molecule has 0 amide bonds. The normalized spacial score (nSPS) is 20.9. The van der Waals surface area contributed by atoms with E-state index in [2.05, 4.69) is 27.9 Å². The predicted octanol–water partition coefficient (Wildman–Crippen LogP) is 1.29. The fourth-order valence-corrected chi connectivity index (χ4v) is 2.15. The number of rotatable bonds is 6. The first-order chi connectivity index (χ1) is 7.45. The lowest BCUT2D eigenvalue weighted by molar-refractivity contribution is 0.525.